The summed E-state index contributed by atoms with van der Waals surface area (Å²) in [5, 5.41) is 1.07. The lowest BCUT2D eigenvalue weighted by Crippen LogP contribution is -2.43. The van der Waals surface area contributed by atoms with Crippen molar-refractivity contribution in [2.24, 2.45) is 0 Å². The van der Waals surface area contributed by atoms with Gasteiger partial charge in [-0.1, -0.05) is 19.6 Å². The molecule has 5 heteroatoms. The van der Waals surface area contributed by atoms with Crippen LogP contribution in [0.1, 0.15) is 13.8 Å². The molecule has 0 unspecified atom stereocenters. The van der Waals surface area contributed by atoms with Crippen LogP contribution in [-0.2, 0) is 8.85 Å². The van der Waals surface area contributed by atoms with Gasteiger partial charge in [-0.05, 0) is 20.4 Å². The largest absolute Gasteiger partial charge is 0.394 e. The van der Waals surface area contributed by atoms with Crippen molar-refractivity contribution in [3.8, 4) is 0 Å². The Balaban J connectivity index is 4.08. The van der Waals surface area contributed by atoms with Crippen molar-refractivity contribution in [2.45, 2.75) is 40.0 Å². The summed E-state index contributed by atoms with van der Waals surface area (Å²) in [5.74, 6) is 0. The monoisotopic (exact) mass is 252 g/mol. The molecule has 0 saturated carbocycles. The van der Waals surface area contributed by atoms with E-state index in [4.69, 9.17) is 8.85 Å². The molecule has 0 aromatic heterocycles. The average Bonchev–Trinajstić information content (AvgIpc) is 2.01. The second kappa shape index (κ2) is 6.32. The Hall–Kier alpha value is 0.704. The van der Waals surface area contributed by atoms with Gasteiger partial charge in [-0.2, -0.15) is 11.2 Å². The van der Waals surface area contributed by atoms with Crippen LogP contribution >= 0.6 is 11.2 Å². The first-order chi connectivity index (χ1) is 6.33. The normalized spacial score (nSPS) is 13.3. The molecule has 0 atom stereocenters. The maximum absolute atomic E-state index is 5.78. The molecule has 0 amide bonds. The Bertz CT molecular complexity index is 153. The fourth-order valence-corrected chi connectivity index (χ4v) is 12.1. The summed E-state index contributed by atoms with van der Waals surface area (Å²) in [5.41, 5.74) is 0. The van der Waals surface area contributed by atoms with E-state index in [0.29, 0.717) is 0 Å². The molecule has 0 spiro atoms. The maximum atomic E-state index is 5.78. The molecule has 0 aliphatic heterocycles. The minimum absolute atomic E-state index is 0.773. The predicted octanol–water partition coefficient (Wildman–Crippen LogP) is 3.24. The van der Waals surface area contributed by atoms with Crippen molar-refractivity contribution in [1.82, 2.24) is 0 Å². The highest BCUT2D eigenvalue weighted by Gasteiger charge is 2.32. The van der Waals surface area contributed by atoms with Crippen LogP contribution in [-0.4, -0.2) is 34.4 Å². The fraction of sp³-hybridized carbons (Fsp3) is 1.00. The van der Waals surface area contributed by atoms with Gasteiger partial charge in [0.1, 0.15) is 7.22 Å². The van der Waals surface area contributed by atoms with Crippen LogP contribution < -0.4 is 0 Å². The van der Waals surface area contributed by atoms with Crippen LogP contribution in [0, 0.1) is 0 Å². The smallest absolute Gasteiger partial charge is 0.344 e. The van der Waals surface area contributed by atoms with Crippen LogP contribution in [0.5, 0.6) is 0 Å². The van der Waals surface area contributed by atoms with Gasteiger partial charge in [0.05, 0.1) is 0 Å². The van der Waals surface area contributed by atoms with Gasteiger partial charge in [0, 0.05) is 18.6 Å². The van der Waals surface area contributed by atoms with Gasteiger partial charge in [-0.3, -0.25) is 0 Å². The Labute approximate surface area is 94.7 Å². The molecule has 0 aliphatic rings. The lowest BCUT2D eigenvalue weighted by molar-refractivity contribution is 0.195. The zero-order valence-corrected chi connectivity index (χ0v) is 13.2. The third-order valence-electron chi connectivity index (χ3n) is 1.67. The van der Waals surface area contributed by atoms with Crippen LogP contribution in [0.4, 0.5) is 0 Å². The van der Waals surface area contributed by atoms with E-state index in [1.54, 1.807) is 0 Å². The molecule has 0 N–H and O–H groups in total. The maximum Gasteiger partial charge on any atom is 0.344 e. The highest BCUT2D eigenvalue weighted by Crippen LogP contribution is 2.24. The van der Waals surface area contributed by atoms with E-state index in [1.807, 2.05) is 13.8 Å². The number of rotatable bonds is 7. The minimum Gasteiger partial charge on any atom is -0.394 e. The summed E-state index contributed by atoms with van der Waals surface area (Å²) in [6.07, 6.45) is 0. The van der Waals surface area contributed by atoms with E-state index in [-0.39, 0.29) is 0 Å². The van der Waals surface area contributed by atoms with Crippen molar-refractivity contribution < 1.29 is 8.85 Å². The molecule has 14 heavy (non-hydrogen) atoms. The minimum atomic E-state index is -1.86. The average molecular weight is 253 g/mol. The van der Waals surface area contributed by atoms with Crippen LogP contribution in [0.15, 0.2) is 0 Å². The molecular formula is C9H24O2SSi2. The second-order valence-corrected chi connectivity index (χ2v) is 17.5. The van der Waals surface area contributed by atoms with E-state index in [2.05, 4.69) is 37.4 Å². The van der Waals surface area contributed by atoms with E-state index in [0.717, 1.165) is 18.6 Å². The van der Waals surface area contributed by atoms with E-state index in [9.17, 15) is 0 Å². The Morgan fingerprint density at radius 2 is 1.36 bits per heavy atom. The van der Waals surface area contributed by atoms with Gasteiger partial charge in [0.25, 0.3) is 0 Å². The first-order valence-electron chi connectivity index (χ1n) is 5.25. The molecule has 0 aromatic rings. The Morgan fingerprint density at radius 3 is 1.64 bits per heavy atom. The topological polar surface area (TPSA) is 18.5 Å². The van der Waals surface area contributed by atoms with Crippen LogP contribution in [0.25, 0.3) is 0 Å². The summed E-state index contributed by atoms with van der Waals surface area (Å²) < 4.78 is 11.6. The summed E-state index contributed by atoms with van der Waals surface area (Å²) in [6.45, 7) is 14.9. The predicted molar refractivity (Wildman–Crippen MR) is 70.7 cm³/mol. The second-order valence-electron chi connectivity index (χ2n) is 4.40. The third-order valence-corrected chi connectivity index (χ3v) is 10.9. The zero-order chi connectivity index (χ0) is 11.2. The first-order valence-corrected chi connectivity index (χ1v) is 13.0. The van der Waals surface area contributed by atoms with Crippen LogP contribution in [0.3, 0.4) is 0 Å². The van der Waals surface area contributed by atoms with Gasteiger partial charge in [0.15, 0.2) is 0 Å². The van der Waals surface area contributed by atoms with Crippen LogP contribution in [0.2, 0.25) is 26.2 Å². The van der Waals surface area contributed by atoms with Crippen molar-refractivity contribution in [2.75, 3.05) is 18.6 Å². The lowest BCUT2D eigenvalue weighted by Gasteiger charge is -2.28. The standard InChI is InChI=1S/C9H24O2SSi2/c1-7-10-14(6,11-8-2)9-12-13(3,4)5/h7-9H2,1-6H3. The summed E-state index contributed by atoms with van der Waals surface area (Å²) in [6, 6.07) is 0. The molecule has 0 aromatic carbocycles. The van der Waals surface area contributed by atoms with E-state index >= 15 is 0 Å². The highest BCUT2D eigenvalue weighted by atomic mass is 32.4. The fourth-order valence-electron chi connectivity index (χ4n) is 1.08. The Kier molecular flexibility index (Phi) is 6.64. The molecule has 0 bridgehead atoms. The molecule has 86 valence electrons. The van der Waals surface area contributed by atoms with Gasteiger partial charge >= 0.3 is 8.56 Å². The van der Waals surface area contributed by atoms with Gasteiger partial charge in [-0.25, -0.2) is 0 Å². The summed E-state index contributed by atoms with van der Waals surface area (Å²) in [7, 11) is -2.90. The number of hydrogen-bond acceptors (Lipinski definition) is 3. The molecule has 0 fully saturated rings. The SMILES string of the molecule is CCO[Si](C)(CS[Si](C)(C)C)OCC. The molecule has 2 nitrogen and oxygen atoms in total. The van der Waals surface area contributed by atoms with Crippen molar-refractivity contribution in [3.63, 3.8) is 0 Å². The number of hydrogen-bond donors (Lipinski definition) is 0. The van der Waals surface area contributed by atoms with Crippen molar-refractivity contribution >= 4 is 27.0 Å². The zero-order valence-electron chi connectivity index (χ0n) is 10.3. The molecule has 0 aliphatic carbocycles. The van der Waals surface area contributed by atoms with E-state index < -0.39 is 15.8 Å². The molecule has 0 heterocycles. The first kappa shape index (κ1) is 14.7. The summed E-state index contributed by atoms with van der Waals surface area (Å²) >= 11 is 2.07. The molecular weight excluding hydrogens is 228 g/mol. The summed E-state index contributed by atoms with van der Waals surface area (Å²) in [4.78, 5) is 0. The van der Waals surface area contributed by atoms with Gasteiger partial charge in [-0.15, -0.1) is 0 Å². The third kappa shape index (κ3) is 7.06. The van der Waals surface area contributed by atoms with Crippen molar-refractivity contribution in [1.29, 1.82) is 0 Å². The van der Waals surface area contributed by atoms with Crippen molar-refractivity contribution in [3.05, 3.63) is 0 Å². The highest BCUT2D eigenvalue weighted by molar-refractivity contribution is 8.29. The van der Waals surface area contributed by atoms with E-state index in [1.165, 1.54) is 0 Å². The molecule has 0 saturated heterocycles. The molecule has 0 radical (unpaired) electrons. The molecule has 0 rings (SSSR count). The van der Waals surface area contributed by atoms with Gasteiger partial charge in [0.2, 0.25) is 0 Å². The Morgan fingerprint density at radius 1 is 0.929 bits per heavy atom. The van der Waals surface area contributed by atoms with Gasteiger partial charge < -0.3 is 8.85 Å². The lowest BCUT2D eigenvalue weighted by atomic mass is 10.9. The quantitative estimate of drug-likeness (QED) is 0.648.